The van der Waals surface area contributed by atoms with E-state index in [0.717, 1.165) is 19.3 Å². The van der Waals surface area contributed by atoms with Gasteiger partial charge in [0.25, 0.3) is 0 Å². The molecule has 0 amide bonds. The maximum absolute atomic E-state index is 9.56. The van der Waals surface area contributed by atoms with Gasteiger partial charge in [-0.1, -0.05) is 20.3 Å². The first-order valence-electron chi connectivity index (χ1n) is 5.44. The SMILES string of the molecule is CC(C)C1CCCC(O)C1O.O.O.O=S(O)CS. The van der Waals surface area contributed by atoms with E-state index in [0.29, 0.717) is 11.8 Å². The third kappa shape index (κ3) is 9.26. The van der Waals surface area contributed by atoms with Gasteiger partial charge in [0.15, 0.2) is 11.1 Å². The monoisotopic (exact) mass is 306 g/mol. The highest BCUT2D eigenvalue weighted by molar-refractivity contribution is 7.97. The number of thiol groups is 1. The first kappa shape index (κ1) is 23.4. The van der Waals surface area contributed by atoms with Crippen LogP contribution in [0.2, 0.25) is 0 Å². The third-order valence-electron chi connectivity index (χ3n) is 2.84. The standard InChI is InChI=1S/C9H18O2.CH4O2S2.2H2O/c1-6(2)7-4-3-5-8(10)9(7)11;2-5(3)1-4;;/h6-11H,3-5H2,1-2H3;4H,1H2,(H,2,3);2*1H2. The van der Waals surface area contributed by atoms with Crippen LogP contribution in [0.1, 0.15) is 33.1 Å². The molecule has 0 spiro atoms. The fourth-order valence-electron chi connectivity index (χ4n) is 1.92. The van der Waals surface area contributed by atoms with Crippen molar-refractivity contribution >= 4 is 23.7 Å². The molecule has 1 saturated carbocycles. The van der Waals surface area contributed by atoms with Crippen LogP contribution in [0.4, 0.5) is 0 Å². The Kier molecular flexibility index (Phi) is 16.0. The third-order valence-corrected chi connectivity index (χ3v) is 3.72. The van der Waals surface area contributed by atoms with Gasteiger partial charge >= 0.3 is 0 Å². The van der Waals surface area contributed by atoms with Crippen molar-refractivity contribution in [3.8, 4) is 0 Å². The topological polar surface area (TPSA) is 141 Å². The Hall–Kier alpha value is 0.300. The molecular formula is C10H26O6S2. The lowest BCUT2D eigenvalue weighted by molar-refractivity contribution is -0.0573. The van der Waals surface area contributed by atoms with Crippen LogP contribution < -0.4 is 0 Å². The van der Waals surface area contributed by atoms with E-state index >= 15 is 0 Å². The van der Waals surface area contributed by atoms with Crippen LogP contribution in [0, 0.1) is 11.8 Å². The molecule has 4 atom stereocenters. The summed E-state index contributed by atoms with van der Waals surface area (Å²) in [6.07, 6.45) is 1.93. The van der Waals surface area contributed by atoms with Gasteiger partial charge in [-0.05, 0) is 24.7 Å². The van der Waals surface area contributed by atoms with E-state index in [9.17, 15) is 14.4 Å². The van der Waals surface area contributed by atoms with E-state index in [-0.39, 0.29) is 16.0 Å². The average Bonchev–Trinajstić information content (AvgIpc) is 2.22. The predicted molar refractivity (Wildman–Crippen MR) is 76.0 cm³/mol. The molecule has 0 aromatic carbocycles. The van der Waals surface area contributed by atoms with Crippen LogP contribution in [-0.4, -0.2) is 47.2 Å². The molecule has 1 fully saturated rings. The van der Waals surface area contributed by atoms with E-state index in [4.69, 9.17) is 4.55 Å². The second-order valence-electron chi connectivity index (χ2n) is 4.35. The summed E-state index contributed by atoms with van der Waals surface area (Å²) >= 11 is 1.76. The number of aliphatic hydroxyl groups excluding tert-OH is 2. The van der Waals surface area contributed by atoms with Gasteiger partial charge in [-0.25, -0.2) is 4.21 Å². The molecule has 0 aromatic heterocycles. The highest BCUT2D eigenvalue weighted by Gasteiger charge is 2.31. The van der Waals surface area contributed by atoms with Crippen molar-refractivity contribution in [1.82, 2.24) is 0 Å². The highest BCUT2D eigenvalue weighted by atomic mass is 32.2. The Morgan fingerprint density at radius 2 is 1.72 bits per heavy atom. The quantitative estimate of drug-likeness (QED) is 0.407. The van der Waals surface area contributed by atoms with Crippen LogP contribution in [0.25, 0.3) is 0 Å². The molecular weight excluding hydrogens is 280 g/mol. The number of rotatable bonds is 2. The Morgan fingerprint density at radius 3 is 2.00 bits per heavy atom. The van der Waals surface area contributed by atoms with Crippen molar-refractivity contribution in [2.24, 2.45) is 11.8 Å². The molecule has 1 rings (SSSR count). The fourth-order valence-corrected chi connectivity index (χ4v) is 1.92. The first-order chi connectivity index (χ1) is 7.40. The van der Waals surface area contributed by atoms with E-state index in [1.165, 1.54) is 0 Å². The molecule has 18 heavy (non-hydrogen) atoms. The van der Waals surface area contributed by atoms with E-state index in [2.05, 4.69) is 26.5 Å². The molecule has 6 nitrogen and oxygen atoms in total. The Morgan fingerprint density at radius 1 is 1.28 bits per heavy atom. The van der Waals surface area contributed by atoms with Crippen LogP contribution >= 0.6 is 12.6 Å². The molecule has 0 bridgehead atoms. The zero-order chi connectivity index (χ0) is 12.7. The summed E-state index contributed by atoms with van der Waals surface area (Å²) in [5.74, 6) is 0.790. The average molecular weight is 306 g/mol. The van der Waals surface area contributed by atoms with Crippen molar-refractivity contribution in [1.29, 1.82) is 0 Å². The van der Waals surface area contributed by atoms with Crippen molar-refractivity contribution in [2.45, 2.75) is 45.3 Å². The lowest BCUT2D eigenvalue weighted by Gasteiger charge is -2.34. The molecule has 4 unspecified atom stereocenters. The van der Waals surface area contributed by atoms with E-state index in [1.807, 2.05) is 0 Å². The van der Waals surface area contributed by atoms with Gasteiger partial charge in [0.2, 0.25) is 0 Å². The minimum absolute atomic E-state index is 0. The summed E-state index contributed by atoms with van der Waals surface area (Å²) in [5, 5.41) is 18.9. The second kappa shape index (κ2) is 12.3. The summed E-state index contributed by atoms with van der Waals surface area (Å²) in [5.41, 5.74) is 0. The number of hydrogen-bond donors (Lipinski definition) is 4. The van der Waals surface area contributed by atoms with Crippen LogP contribution in [-0.2, 0) is 11.1 Å². The molecule has 0 aliphatic heterocycles. The molecule has 1 aliphatic carbocycles. The van der Waals surface area contributed by atoms with Crippen LogP contribution in [0.5, 0.6) is 0 Å². The number of hydrogen-bond acceptors (Lipinski definition) is 4. The lowest BCUT2D eigenvalue weighted by Crippen LogP contribution is -2.39. The summed E-state index contributed by atoms with van der Waals surface area (Å²) in [4.78, 5) is 0. The normalized spacial score (nSPS) is 28.3. The van der Waals surface area contributed by atoms with Gasteiger partial charge in [-0.3, -0.25) is 0 Å². The highest BCUT2D eigenvalue weighted by Crippen LogP contribution is 2.30. The maximum Gasteiger partial charge on any atom is 0.162 e. The van der Waals surface area contributed by atoms with Gasteiger partial charge in [-0.2, -0.15) is 12.6 Å². The predicted octanol–water partition coefficient (Wildman–Crippen LogP) is -0.390. The maximum atomic E-state index is 9.56. The summed E-state index contributed by atoms with van der Waals surface area (Å²) < 4.78 is 17.2. The molecule has 0 heterocycles. The zero-order valence-electron chi connectivity index (χ0n) is 10.7. The van der Waals surface area contributed by atoms with Crippen LogP contribution in [0.15, 0.2) is 0 Å². The Balaban J connectivity index is -0.000000282. The Labute approximate surface area is 116 Å². The second-order valence-corrected chi connectivity index (χ2v) is 6.02. The molecule has 0 radical (unpaired) electrons. The molecule has 7 N–H and O–H groups in total. The molecule has 114 valence electrons. The number of aliphatic hydroxyl groups is 2. The smallest absolute Gasteiger partial charge is 0.162 e. The summed E-state index contributed by atoms with van der Waals surface area (Å²) in [6.45, 7) is 4.21. The summed E-state index contributed by atoms with van der Waals surface area (Å²) in [7, 11) is 0. The van der Waals surface area contributed by atoms with Crippen molar-refractivity contribution in [3.05, 3.63) is 0 Å². The summed E-state index contributed by atoms with van der Waals surface area (Å²) in [6, 6.07) is 0. The van der Waals surface area contributed by atoms with Gasteiger partial charge in [0.05, 0.1) is 17.3 Å². The Bertz CT molecular complexity index is 215. The molecule has 0 aromatic rings. The minimum atomic E-state index is -1.71. The van der Waals surface area contributed by atoms with Crippen molar-refractivity contribution in [2.75, 3.05) is 5.08 Å². The fraction of sp³-hybridized carbons (Fsp3) is 1.00. The van der Waals surface area contributed by atoms with Gasteiger partial charge < -0.3 is 25.7 Å². The van der Waals surface area contributed by atoms with Gasteiger partial charge in [-0.15, -0.1) is 0 Å². The lowest BCUT2D eigenvalue weighted by atomic mass is 9.78. The largest absolute Gasteiger partial charge is 0.412 e. The zero-order valence-corrected chi connectivity index (χ0v) is 12.5. The van der Waals surface area contributed by atoms with E-state index < -0.39 is 23.3 Å². The molecule has 1 aliphatic rings. The molecule has 8 heteroatoms. The van der Waals surface area contributed by atoms with Crippen molar-refractivity contribution in [3.63, 3.8) is 0 Å². The van der Waals surface area contributed by atoms with Crippen LogP contribution in [0.3, 0.4) is 0 Å². The van der Waals surface area contributed by atoms with Gasteiger partial charge in [0.1, 0.15) is 0 Å². The first-order valence-corrected chi connectivity index (χ1v) is 7.35. The van der Waals surface area contributed by atoms with Crippen molar-refractivity contribution < 1.29 is 29.9 Å². The van der Waals surface area contributed by atoms with E-state index in [1.54, 1.807) is 0 Å². The van der Waals surface area contributed by atoms with Gasteiger partial charge in [0, 0.05) is 0 Å². The molecule has 0 saturated heterocycles. The minimum Gasteiger partial charge on any atom is -0.412 e.